The van der Waals surface area contributed by atoms with Crippen LogP contribution in [0.4, 0.5) is 0 Å². The first-order valence-electron chi connectivity index (χ1n) is 4.45. The molecular formula is C8H16N2O4. The highest BCUT2D eigenvalue weighted by Gasteiger charge is 2.16. The highest BCUT2D eigenvalue weighted by Crippen LogP contribution is 1.83. The molecule has 1 atom stereocenters. The molecule has 0 aromatic heterocycles. The molecule has 0 rings (SSSR count). The molecule has 82 valence electrons. The number of carboxylic acid groups (broad SMARTS) is 1. The van der Waals surface area contributed by atoms with Gasteiger partial charge in [0.15, 0.2) is 0 Å². The third-order valence-electron chi connectivity index (χ3n) is 1.55. The lowest BCUT2D eigenvalue weighted by Crippen LogP contribution is -2.48. The van der Waals surface area contributed by atoms with E-state index in [1.807, 2.05) is 6.92 Å². The number of aliphatic carboxylic acids is 1. The number of hydrogen-bond donors (Lipinski definition) is 4. The van der Waals surface area contributed by atoms with E-state index >= 15 is 0 Å². The number of hydrogen-bond acceptors (Lipinski definition) is 4. The van der Waals surface area contributed by atoms with Crippen molar-refractivity contribution in [3.63, 3.8) is 0 Å². The SMILES string of the molecule is CCCNC(=O)[C@H](CO)NCC(=O)O. The standard InChI is InChI=1S/C8H16N2O4/c1-2-3-9-8(14)6(5-11)10-4-7(12)13/h6,10-11H,2-5H2,1H3,(H,9,14)(H,12,13)/t6-/m0/s1. The Balaban J connectivity index is 3.86. The van der Waals surface area contributed by atoms with Crippen molar-refractivity contribution < 1.29 is 19.8 Å². The van der Waals surface area contributed by atoms with Crippen LogP contribution in [0.5, 0.6) is 0 Å². The quantitative estimate of drug-likeness (QED) is 0.406. The molecule has 0 saturated heterocycles. The lowest BCUT2D eigenvalue weighted by atomic mass is 10.3. The summed E-state index contributed by atoms with van der Waals surface area (Å²) < 4.78 is 0. The Morgan fingerprint density at radius 3 is 2.50 bits per heavy atom. The summed E-state index contributed by atoms with van der Waals surface area (Å²) in [7, 11) is 0. The van der Waals surface area contributed by atoms with E-state index in [1.165, 1.54) is 0 Å². The Labute approximate surface area is 82.3 Å². The van der Waals surface area contributed by atoms with Crippen molar-refractivity contribution >= 4 is 11.9 Å². The zero-order valence-electron chi connectivity index (χ0n) is 8.12. The van der Waals surface area contributed by atoms with Gasteiger partial charge in [-0.3, -0.25) is 14.9 Å². The smallest absolute Gasteiger partial charge is 0.317 e. The number of aliphatic hydroxyl groups is 1. The Morgan fingerprint density at radius 1 is 1.43 bits per heavy atom. The summed E-state index contributed by atoms with van der Waals surface area (Å²) in [4.78, 5) is 21.4. The van der Waals surface area contributed by atoms with Crippen LogP contribution in [0.1, 0.15) is 13.3 Å². The van der Waals surface area contributed by atoms with Gasteiger partial charge >= 0.3 is 5.97 Å². The van der Waals surface area contributed by atoms with Crippen molar-refractivity contribution in [3.8, 4) is 0 Å². The summed E-state index contributed by atoms with van der Waals surface area (Å²) in [5.74, 6) is -1.44. The van der Waals surface area contributed by atoms with Gasteiger partial charge in [-0.15, -0.1) is 0 Å². The lowest BCUT2D eigenvalue weighted by Gasteiger charge is -2.14. The van der Waals surface area contributed by atoms with Gasteiger partial charge in [0.05, 0.1) is 13.2 Å². The number of aliphatic hydroxyl groups excluding tert-OH is 1. The van der Waals surface area contributed by atoms with Crippen LogP contribution in [-0.4, -0.2) is 47.8 Å². The third kappa shape index (κ3) is 5.50. The molecule has 14 heavy (non-hydrogen) atoms. The molecule has 6 nitrogen and oxygen atoms in total. The largest absolute Gasteiger partial charge is 0.480 e. The summed E-state index contributed by atoms with van der Waals surface area (Å²) >= 11 is 0. The third-order valence-corrected chi connectivity index (χ3v) is 1.55. The van der Waals surface area contributed by atoms with Gasteiger partial charge in [-0.25, -0.2) is 0 Å². The molecular weight excluding hydrogens is 188 g/mol. The maximum absolute atomic E-state index is 11.2. The fourth-order valence-corrected chi connectivity index (χ4v) is 0.822. The van der Waals surface area contributed by atoms with Gasteiger partial charge in [-0.2, -0.15) is 0 Å². The van der Waals surface area contributed by atoms with Crippen LogP contribution in [0.15, 0.2) is 0 Å². The average Bonchev–Trinajstić information content (AvgIpc) is 2.15. The molecule has 0 spiro atoms. The van der Waals surface area contributed by atoms with Crippen LogP contribution in [0.3, 0.4) is 0 Å². The van der Waals surface area contributed by atoms with Crippen LogP contribution in [0.2, 0.25) is 0 Å². The van der Waals surface area contributed by atoms with E-state index in [2.05, 4.69) is 10.6 Å². The second kappa shape index (κ2) is 7.28. The van der Waals surface area contributed by atoms with Gasteiger partial charge in [0.1, 0.15) is 6.04 Å². The molecule has 0 heterocycles. The van der Waals surface area contributed by atoms with Gasteiger partial charge in [-0.05, 0) is 6.42 Å². The molecule has 0 fully saturated rings. The second-order valence-corrected chi connectivity index (χ2v) is 2.80. The minimum Gasteiger partial charge on any atom is -0.480 e. The Hall–Kier alpha value is -1.14. The molecule has 0 aliphatic carbocycles. The number of carbonyl (C=O) groups excluding carboxylic acids is 1. The Kier molecular flexibility index (Phi) is 6.69. The van der Waals surface area contributed by atoms with Crippen molar-refractivity contribution in [3.05, 3.63) is 0 Å². The molecule has 0 bridgehead atoms. The molecule has 0 aliphatic rings. The maximum atomic E-state index is 11.2. The molecule has 1 amide bonds. The molecule has 0 aromatic carbocycles. The van der Waals surface area contributed by atoms with Crippen LogP contribution < -0.4 is 10.6 Å². The van der Waals surface area contributed by atoms with E-state index < -0.39 is 18.6 Å². The van der Waals surface area contributed by atoms with Gasteiger partial charge in [-0.1, -0.05) is 6.92 Å². The number of nitrogens with one attached hydrogen (secondary N) is 2. The summed E-state index contributed by atoms with van der Waals surface area (Å²) in [5, 5.41) is 22.1. The first kappa shape index (κ1) is 12.9. The zero-order valence-corrected chi connectivity index (χ0v) is 8.12. The zero-order chi connectivity index (χ0) is 11.0. The lowest BCUT2D eigenvalue weighted by molar-refractivity contribution is -0.136. The van der Waals surface area contributed by atoms with Crippen LogP contribution in [-0.2, 0) is 9.59 Å². The summed E-state index contributed by atoms with van der Waals surface area (Å²) in [6.07, 6.45) is 0.794. The average molecular weight is 204 g/mol. The van der Waals surface area contributed by atoms with Crippen LogP contribution >= 0.6 is 0 Å². The highest BCUT2D eigenvalue weighted by molar-refractivity contribution is 5.82. The molecule has 0 unspecified atom stereocenters. The molecule has 0 aromatic rings. The minimum absolute atomic E-state index is 0.342. The number of rotatable bonds is 7. The topological polar surface area (TPSA) is 98.7 Å². The summed E-state index contributed by atoms with van der Waals surface area (Å²) in [5.41, 5.74) is 0. The fraction of sp³-hybridized carbons (Fsp3) is 0.750. The normalized spacial score (nSPS) is 12.1. The first-order valence-corrected chi connectivity index (χ1v) is 4.45. The molecule has 0 saturated carbocycles. The van der Waals surface area contributed by atoms with E-state index in [9.17, 15) is 9.59 Å². The van der Waals surface area contributed by atoms with Crippen molar-refractivity contribution in [2.24, 2.45) is 0 Å². The van der Waals surface area contributed by atoms with Crippen molar-refractivity contribution in [1.82, 2.24) is 10.6 Å². The summed E-state index contributed by atoms with van der Waals surface area (Å²) in [6.45, 7) is 1.66. The van der Waals surface area contributed by atoms with Crippen LogP contribution in [0, 0.1) is 0 Å². The van der Waals surface area contributed by atoms with Gasteiger partial charge in [0, 0.05) is 6.54 Å². The molecule has 0 aliphatic heterocycles. The van der Waals surface area contributed by atoms with E-state index in [4.69, 9.17) is 10.2 Å². The van der Waals surface area contributed by atoms with Gasteiger partial charge < -0.3 is 15.5 Å². The predicted octanol–water partition coefficient (Wildman–Crippen LogP) is -1.45. The first-order chi connectivity index (χ1) is 6.61. The van der Waals surface area contributed by atoms with E-state index in [-0.39, 0.29) is 12.5 Å². The highest BCUT2D eigenvalue weighted by atomic mass is 16.4. The fourth-order valence-electron chi connectivity index (χ4n) is 0.822. The van der Waals surface area contributed by atoms with Crippen molar-refractivity contribution in [2.45, 2.75) is 19.4 Å². The second-order valence-electron chi connectivity index (χ2n) is 2.80. The van der Waals surface area contributed by atoms with E-state index in [0.717, 1.165) is 6.42 Å². The molecule has 0 radical (unpaired) electrons. The Bertz CT molecular complexity index is 196. The number of carboxylic acids is 1. The van der Waals surface area contributed by atoms with Crippen LogP contribution in [0.25, 0.3) is 0 Å². The molecule has 6 heteroatoms. The van der Waals surface area contributed by atoms with Gasteiger partial charge in [0.25, 0.3) is 0 Å². The number of amides is 1. The van der Waals surface area contributed by atoms with E-state index in [1.54, 1.807) is 0 Å². The Morgan fingerprint density at radius 2 is 2.07 bits per heavy atom. The molecule has 4 N–H and O–H groups in total. The monoisotopic (exact) mass is 204 g/mol. The minimum atomic E-state index is -1.06. The number of carbonyl (C=O) groups is 2. The predicted molar refractivity (Wildman–Crippen MR) is 49.8 cm³/mol. The van der Waals surface area contributed by atoms with E-state index in [0.29, 0.717) is 6.54 Å². The van der Waals surface area contributed by atoms with Crippen molar-refractivity contribution in [1.29, 1.82) is 0 Å². The summed E-state index contributed by atoms with van der Waals surface area (Å²) in [6, 6.07) is -0.849. The maximum Gasteiger partial charge on any atom is 0.317 e. The van der Waals surface area contributed by atoms with Crippen molar-refractivity contribution in [2.75, 3.05) is 19.7 Å². The van der Waals surface area contributed by atoms with Gasteiger partial charge in [0.2, 0.25) is 5.91 Å².